The lowest BCUT2D eigenvalue weighted by Crippen LogP contribution is -2.53. The number of carboxylic acid groups (broad SMARTS) is 1. The molecule has 5 nitrogen and oxygen atoms in total. The molecule has 18 heavy (non-hydrogen) atoms. The molecule has 1 N–H and O–H groups in total. The lowest BCUT2D eigenvalue weighted by molar-refractivity contribution is -0.146. The third-order valence-corrected chi connectivity index (χ3v) is 4.99. The van der Waals surface area contributed by atoms with Gasteiger partial charge in [0, 0.05) is 6.54 Å². The number of nitrogens with zero attached hydrogens (tertiary/aromatic N) is 1. The zero-order valence-corrected chi connectivity index (χ0v) is 13.0. The van der Waals surface area contributed by atoms with Crippen molar-refractivity contribution < 1.29 is 18.3 Å². The fraction of sp³-hybridized carbons (Fsp3) is 0.917. The van der Waals surface area contributed by atoms with E-state index in [1.807, 2.05) is 20.8 Å². The summed E-state index contributed by atoms with van der Waals surface area (Å²) in [5.41, 5.74) is -1.51. The number of aliphatic carboxylic acids is 1. The summed E-state index contributed by atoms with van der Waals surface area (Å²) < 4.78 is 25.5. The standard InChI is InChI=1S/C12H25NO4S/c1-7-13(12(5,6)10(14)15)18(16,17)9-8-11(2,3)4/h7-9H2,1-6H3,(H,14,15). The normalized spacial score (nSPS) is 13.9. The molecule has 0 fully saturated rings. The first kappa shape index (κ1) is 17.4. The van der Waals surface area contributed by atoms with Crippen LogP contribution in [0.5, 0.6) is 0 Å². The Labute approximate surface area is 110 Å². The van der Waals surface area contributed by atoms with Crippen molar-refractivity contribution in [1.29, 1.82) is 0 Å². The summed E-state index contributed by atoms with van der Waals surface area (Å²) >= 11 is 0. The van der Waals surface area contributed by atoms with Gasteiger partial charge in [0.25, 0.3) is 0 Å². The molecule has 0 bridgehead atoms. The van der Waals surface area contributed by atoms with E-state index in [0.29, 0.717) is 6.42 Å². The summed E-state index contributed by atoms with van der Waals surface area (Å²) in [7, 11) is -3.56. The van der Waals surface area contributed by atoms with Crippen LogP contribution in [0.4, 0.5) is 0 Å². The summed E-state index contributed by atoms with van der Waals surface area (Å²) in [5.74, 6) is -1.16. The molecule has 0 aromatic carbocycles. The first-order chi connectivity index (χ1) is 7.84. The highest BCUT2D eigenvalue weighted by molar-refractivity contribution is 7.89. The van der Waals surface area contributed by atoms with E-state index in [1.54, 1.807) is 6.92 Å². The molecule has 6 heteroatoms. The molecular weight excluding hydrogens is 254 g/mol. The van der Waals surface area contributed by atoms with E-state index < -0.39 is 21.5 Å². The van der Waals surface area contributed by atoms with E-state index in [-0.39, 0.29) is 17.7 Å². The predicted molar refractivity (Wildman–Crippen MR) is 72.0 cm³/mol. The van der Waals surface area contributed by atoms with Crippen molar-refractivity contribution in [3.8, 4) is 0 Å². The maximum absolute atomic E-state index is 12.2. The third kappa shape index (κ3) is 4.57. The summed E-state index contributed by atoms with van der Waals surface area (Å²) in [5, 5.41) is 9.13. The molecule has 0 aromatic heterocycles. The number of rotatable bonds is 6. The van der Waals surface area contributed by atoms with Gasteiger partial charge in [0.15, 0.2) is 0 Å². The molecule has 0 rings (SSSR count). The summed E-state index contributed by atoms with van der Waals surface area (Å²) in [4.78, 5) is 11.2. The lowest BCUT2D eigenvalue weighted by atomic mass is 9.94. The smallest absolute Gasteiger partial charge is 0.324 e. The molecule has 0 aliphatic carbocycles. The Balaban J connectivity index is 5.13. The number of hydrogen-bond acceptors (Lipinski definition) is 3. The van der Waals surface area contributed by atoms with Gasteiger partial charge in [-0.3, -0.25) is 4.79 Å². The van der Waals surface area contributed by atoms with Gasteiger partial charge in [0.1, 0.15) is 5.54 Å². The number of sulfonamides is 1. The van der Waals surface area contributed by atoms with Crippen molar-refractivity contribution >= 4 is 16.0 Å². The molecule has 108 valence electrons. The Bertz CT molecular complexity index is 393. The van der Waals surface area contributed by atoms with E-state index >= 15 is 0 Å². The molecule has 0 radical (unpaired) electrons. The topological polar surface area (TPSA) is 74.7 Å². The van der Waals surface area contributed by atoms with Crippen LogP contribution in [-0.4, -0.2) is 41.6 Å². The zero-order chi connectivity index (χ0) is 14.8. The molecule has 0 aliphatic heterocycles. The maximum atomic E-state index is 12.2. The SMILES string of the molecule is CCN(C(C)(C)C(=O)O)S(=O)(=O)CCC(C)(C)C. The molecular formula is C12H25NO4S. The van der Waals surface area contributed by atoms with Gasteiger partial charge in [-0.25, -0.2) is 8.42 Å². The minimum atomic E-state index is -3.56. The molecule has 0 aliphatic rings. The van der Waals surface area contributed by atoms with Gasteiger partial charge in [-0.05, 0) is 25.7 Å². The van der Waals surface area contributed by atoms with Crippen LogP contribution >= 0.6 is 0 Å². The van der Waals surface area contributed by atoms with Crippen LogP contribution in [0, 0.1) is 5.41 Å². The number of likely N-dealkylation sites (N-methyl/N-ethyl adjacent to an activating group) is 1. The van der Waals surface area contributed by atoms with Crippen LogP contribution in [-0.2, 0) is 14.8 Å². The van der Waals surface area contributed by atoms with E-state index in [2.05, 4.69) is 0 Å². The van der Waals surface area contributed by atoms with Crippen LogP contribution in [0.3, 0.4) is 0 Å². The van der Waals surface area contributed by atoms with E-state index in [0.717, 1.165) is 4.31 Å². The van der Waals surface area contributed by atoms with Gasteiger partial charge in [-0.1, -0.05) is 27.7 Å². The lowest BCUT2D eigenvalue weighted by Gasteiger charge is -2.33. The highest BCUT2D eigenvalue weighted by Crippen LogP contribution is 2.24. The highest BCUT2D eigenvalue weighted by atomic mass is 32.2. The Hall–Kier alpha value is -0.620. The van der Waals surface area contributed by atoms with Crippen molar-refractivity contribution in [2.24, 2.45) is 5.41 Å². The van der Waals surface area contributed by atoms with Gasteiger partial charge in [-0.2, -0.15) is 4.31 Å². The average molecular weight is 279 g/mol. The predicted octanol–water partition coefficient (Wildman–Crippen LogP) is 1.94. The van der Waals surface area contributed by atoms with Gasteiger partial charge in [-0.15, -0.1) is 0 Å². The molecule has 0 saturated carbocycles. The quantitative estimate of drug-likeness (QED) is 0.806. The number of carboxylic acids is 1. The maximum Gasteiger partial charge on any atom is 0.324 e. The fourth-order valence-electron chi connectivity index (χ4n) is 1.59. The molecule has 0 heterocycles. The second-order valence-electron chi connectivity index (χ2n) is 6.16. The van der Waals surface area contributed by atoms with E-state index in [9.17, 15) is 13.2 Å². The van der Waals surface area contributed by atoms with Gasteiger partial charge in [0.2, 0.25) is 10.0 Å². The van der Waals surface area contributed by atoms with Gasteiger partial charge < -0.3 is 5.11 Å². The van der Waals surface area contributed by atoms with Crippen molar-refractivity contribution in [1.82, 2.24) is 4.31 Å². The minimum absolute atomic E-state index is 0.0267. The number of carbonyl (C=O) groups is 1. The van der Waals surface area contributed by atoms with E-state index in [4.69, 9.17) is 5.11 Å². The Morgan fingerprint density at radius 3 is 1.89 bits per heavy atom. The minimum Gasteiger partial charge on any atom is -0.480 e. The summed E-state index contributed by atoms with van der Waals surface area (Å²) in [6.07, 6.45) is 0.502. The Morgan fingerprint density at radius 1 is 1.17 bits per heavy atom. The second kappa shape index (κ2) is 5.57. The van der Waals surface area contributed by atoms with Crippen molar-refractivity contribution in [3.05, 3.63) is 0 Å². The van der Waals surface area contributed by atoms with Crippen LogP contribution in [0.15, 0.2) is 0 Å². The highest BCUT2D eigenvalue weighted by Gasteiger charge is 2.41. The Morgan fingerprint density at radius 2 is 1.61 bits per heavy atom. The van der Waals surface area contributed by atoms with Crippen LogP contribution in [0.25, 0.3) is 0 Å². The van der Waals surface area contributed by atoms with Crippen LogP contribution < -0.4 is 0 Å². The first-order valence-corrected chi connectivity index (χ1v) is 7.69. The second-order valence-corrected chi connectivity index (χ2v) is 8.17. The summed E-state index contributed by atoms with van der Waals surface area (Å²) in [6.45, 7) is 10.5. The summed E-state index contributed by atoms with van der Waals surface area (Å²) in [6, 6.07) is 0. The van der Waals surface area contributed by atoms with Crippen molar-refractivity contribution in [2.75, 3.05) is 12.3 Å². The van der Waals surface area contributed by atoms with Gasteiger partial charge in [0.05, 0.1) is 5.75 Å². The van der Waals surface area contributed by atoms with Crippen LogP contribution in [0.2, 0.25) is 0 Å². The molecule has 0 spiro atoms. The van der Waals surface area contributed by atoms with Crippen LogP contribution in [0.1, 0.15) is 48.0 Å². The average Bonchev–Trinajstić information content (AvgIpc) is 2.13. The van der Waals surface area contributed by atoms with Crippen molar-refractivity contribution in [3.63, 3.8) is 0 Å². The third-order valence-electron chi connectivity index (χ3n) is 2.88. The monoisotopic (exact) mass is 279 g/mol. The Kier molecular flexibility index (Phi) is 5.38. The molecule has 0 atom stereocenters. The van der Waals surface area contributed by atoms with E-state index in [1.165, 1.54) is 13.8 Å². The van der Waals surface area contributed by atoms with Crippen molar-refractivity contribution in [2.45, 2.75) is 53.5 Å². The first-order valence-electron chi connectivity index (χ1n) is 6.08. The molecule has 0 amide bonds. The zero-order valence-electron chi connectivity index (χ0n) is 12.1. The molecule has 0 unspecified atom stereocenters. The molecule has 0 aromatic rings. The van der Waals surface area contributed by atoms with Gasteiger partial charge >= 0.3 is 5.97 Å². The fourth-order valence-corrected chi connectivity index (χ4v) is 3.85. The largest absolute Gasteiger partial charge is 0.480 e. The number of hydrogen-bond donors (Lipinski definition) is 1. The molecule has 0 saturated heterocycles.